The first-order chi connectivity index (χ1) is 7.83. The maximum atomic E-state index is 11.5. The summed E-state index contributed by atoms with van der Waals surface area (Å²) in [7, 11) is 0. The molecular formula is C13H25NO3. The molecule has 0 atom stereocenters. The molecule has 0 spiro atoms. The van der Waals surface area contributed by atoms with E-state index in [-0.39, 0.29) is 6.61 Å². The molecular weight excluding hydrogens is 218 g/mol. The molecule has 1 saturated carbocycles. The number of hydrogen-bond acceptors (Lipinski definition) is 2. The van der Waals surface area contributed by atoms with Gasteiger partial charge in [0.05, 0.1) is 12.1 Å². The van der Waals surface area contributed by atoms with Crippen LogP contribution in [0.2, 0.25) is 0 Å². The fraction of sp³-hybridized carbons (Fsp3) is 0.923. The van der Waals surface area contributed by atoms with E-state index in [0.717, 1.165) is 38.5 Å². The molecule has 100 valence electrons. The van der Waals surface area contributed by atoms with Gasteiger partial charge in [0.2, 0.25) is 0 Å². The minimum atomic E-state index is -0.923. The molecule has 0 aromatic carbocycles. The summed E-state index contributed by atoms with van der Waals surface area (Å²) in [5.41, 5.74) is -1.06. The molecule has 1 rings (SSSR count). The predicted octanol–water partition coefficient (Wildman–Crippen LogP) is 2.85. The van der Waals surface area contributed by atoms with Crippen LogP contribution in [0.15, 0.2) is 0 Å². The molecule has 2 N–H and O–H groups in total. The van der Waals surface area contributed by atoms with Gasteiger partial charge in [-0.1, -0.05) is 25.7 Å². The fourth-order valence-corrected chi connectivity index (χ4v) is 3.04. The number of aliphatic hydroxyl groups excluding tert-OH is 1. The second kappa shape index (κ2) is 5.25. The lowest BCUT2D eigenvalue weighted by atomic mass is 9.85. The zero-order valence-corrected chi connectivity index (χ0v) is 11.2. The molecule has 0 saturated heterocycles. The molecule has 0 aromatic rings. The van der Waals surface area contributed by atoms with E-state index < -0.39 is 17.2 Å². The summed E-state index contributed by atoms with van der Waals surface area (Å²) in [4.78, 5) is 13.0. The van der Waals surface area contributed by atoms with Crippen LogP contribution < -0.4 is 0 Å². The van der Waals surface area contributed by atoms with Crippen LogP contribution in [0.4, 0.5) is 4.79 Å². The third kappa shape index (κ3) is 3.12. The number of carboxylic acid groups (broad SMARTS) is 1. The Labute approximate surface area is 104 Å². The molecule has 1 aliphatic carbocycles. The molecule has 0 radical (unpaired) electrons. The number of nitrogens with zero attached hydrogens (tertiary/aromatic N) is 1. The first kappa shape index (κ1) is 14.3. The lowest BCUT2D eigenvalue weighted by molar-refractivity contribution is -0.0247. The van der Waals surface area contributed by atoms with Gasteiger partial charge in [-0.15, -0.1) is 0 Å². The Morgan fingerprint density at radius 3 is 1.94 bits per heavy atom. The van der Waals surface area contributed by atoms with Crippen molar-refractivity contribution in [3.8, 4) is 0 Å². The van der Waals surface area contributed by atoms with Crippen molar-refractivity contribution in [2.24, 2.45) is 0 Å². The lowest BCUT2D eigenvalue weighted by Crippen LogP contribution is -2.61. The van der Waals surface area contributed by atoms with Crippen molar-refractivity contribution >= 4 is 6.09 Å². The highest BCUT2D eigenvalue weighted by molar-refractivity contribution is 5.67. The molecule has 1 fully saturated rings. The number of hydrogen-bond donors (Lipinski definition) is 2. The summed E-state index contributed by atoms with van der Waals surface area (Å²) < 4.78 is 0. The van der Waals surface area contributed by atoms with Gasteiger partial charge in [-0.2, -0.15) is 0 Å². The number of aliphatic hydroxyl groups is 1. The van der Waals surface area contributed by atoms with Crippen LogP contribution in [0.25, 0.3) is 0 Å². The standard InChI is InChI=1S/C13H25NO3/c1-12(2,3)14(11(16)17)13(10-15)8-6-4-5-7-9-13/h15H,4-10H2,1-3H3,(H,16,17). The van der Waals surface area contributed by atoms with E-state index in [4.69, 9.17) is 0 Å². The van der Waals surface area contributed by atoms with Gasteiger partial charge in [0.25, 0.3) is 0 Å². The highest BCUT2D eigenvalue weighted by atomic mass is 16.4. The van der Waals surface area contributed by atoms with Crippen molar-refractivity contribution in [2.45, 2.75) is 70.4 Å². The average Bonchev–Trinajstić information content (AvgIpc) is 2.41. The monoisotopic (exact) mass is 243 g/mol. The van der Waals surface area contributed by atoms with Crippen LogP contribution >= 0.6 is 0 Å². The summed E-state index contributed by atoms with van der Waals surface area (Å²) in [5, 5.41) is 19.2. The van der Waals surface area contributed by atoms with Crippen LogP contribution in [-0.2, 0) is 0 Å². The highest BCUT2D eigenvalue weighted by Crippen LogP contribution is 2.36. The molecule has 17 heavy (non-hydrogen) atoms. The predicted molar refractivity (Wildman–Crippen MR) is 67.1 cm³/mol. The first-order valence-electron chi connectivity index (χ1n) is 6.48. The summed E-state index contributed by atoms with van der Waals surface area (Å²) in [6, 6.07) is 0. The van der Waals surface area contributed by atoms with Gasteiger partial charge in [0.15, 0.2) is 0 Å². The third-order valence-corrected chi connectivity index (χ3v) is 3.67. The van der Waals surface area contributed by atoms with Crippen molar-refractivity contribution in [1.29, 1.82) is 0 Å². The Bertz CT molecular complexity index is 262. The molecule has 0 unspecified atom stereocenters. The van der Waals surface area contributed by atoms with E-state index in [1.165, 1.54) is 4.90 Å². The number of carbonyl (C=O) groups is 1. The Morgan fingerprint density at radius 1 is 1.18 bits per heavy atom. The lowest BCUT2D eigenvalue weighted by Gasteiger charge is -2.48. The summed E-state index contributed by atoms with van der Waals surface area (Å²) >= 11 is 0. The van der Waals surface area contributed by atoms with Gasteiger partial charge < -0.3 is 10.2 Å². The topological polar surface area (TPSA) is 60.8 Å². The second-order valence-corrected chi connectivity index (χ2v) is 6.09. The molecule has 1 aliphatic rings. The van der Waals surface area contributed by atoms with Gasteiger partial charge in [0, 0.05) is 5.54 Å². The van der Waals surface area contributed by atoms with Crippen molar-refractivity contribution in [3.63, 3.8) is 0 Å². The third-order valence-electron chi connectivity index (χ3n) is 3.67. The van der Waals surface area contributed by atoms with E-state index in [0.29, 0.717) is 0 Å². The van der Waals surface area contributed by atoms with E-state index in [1.54, 1.807) is 0 Å². The van der Waals surface area contributed by atoms with Gasteiger partial charge >= 0.3 is 6.09 Å². The number of rotatable bonds is 2. The Balaban J connectivity index is 3.05. The Hall–Kier alpha value is -0.770. The van der Waals surface area contributed by atoms with E-state index in [1.807, 2.05) is 20.8 Å². The summed E-state index contributed by atoms with van der Waals surface area (Å²) in [6.07, 6.45) is 4.90. The maximum absolute atomic E-state index is 11.5. The molecule has 0 bridgehead atoms. The van der Waals surface area contributed by atoms with E-state index in [9.17, 15) is 15.0 Å². The molecule has 4 nitrogen and oxygen atoms in total. The van der Waals surface area contributed by atoms with Crippen molar-refractivity contribution in [2.75, 3.05) is 6.61 Å². The first-order valence-corrected chi connectivity index (χ1v) is 6.48. The van der Waals surface area contributed by atoms with Crippen LogP contribution in [0.5, 0.6) is 0 Å². The van der Waals surface area contributed by atoms with E-state index >= 15 is 0 Å². The van der Waals surface area contributed by atoms with Gasteiger partial charge in [-0.25, -0.2) is 4.79 Å². The van der Waals surface area contributed by atoms with Gasteiger partial charge in [-0.05, 0) is 33.6 Å². The number of amides is 1. The maximum Gasteiger partial charge on any atom is 0.408 e. The SMILES string of the molecule is CC(C)(C)N(C(=O)O)C1(CO)CCCCCC1. The van der Waals surface area contributed by atoms with Crippen LogP contribution in [0.3, 0.4) is 0 Å². The van der Waals surface area contributed by atoms with Crippen LogP contribution in [0.1, 0.15) is 59.3 Å². The minimum absolute atomic E-state index is 0.0728. The highest BCUT2D eigenvalue weighted by Gasteiger charge is 2.44. The van der Waals surface area contributed by atoms with Crippen molar-refractivity contribution in [1.82, 2.24) is 4.90 Å². The van der Waals surface area contributed by atoms with Gasteiger partial charge in [-0.3, -0.25) is 4.90 Å². The zero-order valence-electron chi connectivity index (χ0n) is 11.2. The van der Waals surface area contributed by atoms with Gasteiger partial charge in [0.1, 0.15) is 0 Å². The van der Waals surface area contributed by atoms with Crippen LogP contribution in [0, 0.1) is 0 Å². The normalized spacial score (nSPS) is 20.7. The van der Waals surface area contributed by atoms with Crippen LogP contribution in [-0.4, -0.2) is 38.9 Å². The Kier molecular flexibility index (Phi) is 4.42. The summed E-state index contributed by atoms with van der Waals surface area (Å²) in [5.74, 6) is 0. The largest absolute Gasteiger partial charge is 0.465 e. The zero-order chi connectivity index (χ0) is 13.1. The van der Waals surface area contributed by atoms with Crippen molar-refractivity contribution < 1.29 is 15.0 Å². The molecule has 0 heterocycles. The second-order valence-electron chi connectivity index (χ2n) is 6.09. The molecule has 0 aliphatic heterocycles. The van der Waals surface area contributed by atoms with E-state index in [2.05, 4.69) is 0 Å². The fourth-order valence-electron chi connectivity index (χ4n) is 3.04. The summed E-state index contributed by atoms with van der Waals surface area (Å²) in [6.45, 7) is 5.60. The molecule has 4 heteroatoms. The molecule has 0 aromatic heterocycles. The quantitative estimate of drug-likeness (QED) is 0.733. The Morgan fingerprint density at radius 2 is 1.65 bits per heavy atom. The minimum Gasteiger partial charge on any atom is -0.465 e. The van der Waals surface area contributed by atoms with Crippen molar-refractivity contribution in [3.05, 3.63) is 0 Å². The average molecular weight is 243 g/mol. The molecule has 1 amide bonds. The smallest absolute Gasteiger partial charge is 0.408 e.